The number of ether oxygens (including phenoxy) is 1. The molecule has 2 fully saturated rings. The average Bonchev–Trinajstić information content (AvgIpc) is 3.43. The van der Waals surface area contributed by atoms with Crippen LogP contribution in [0.5, 0.6) is 0 Å². The maximum atomic E-state index is 13.6. The number of nitrogens with one attached hydrogen (secondary N) is 3. The molecule has 0 radical (unpaired) electrons. The van der Waals surface area contributed by atoms with Gasteiger partial charge in [0.25, 0.3) is 5.91 Å². The lowest BCUT2D eigenvalue weighted by Crippen LogP contribution is -2.41. The summed E-state index contributed by atoms with van der Waals surface area (Å²) >= 11 is 0. The molecule has 1 saturated heterocycles. The standard InChI is InChI=1S/C25H31FN4O2.HI/c1-27-24(30-17-25(10-11-25)20-7-3-8-21(26)14-20)29-15-18-5-2-6-19(13-18)23(31)28-16-22-9-4-12-32-22;/h2-3,5-8,13-14,22H,4,9-12,15-17H2,1H3,(H,28,31)(H2,27,29,30);1H. The summed E-state index contributed by atoms with van der Waals surface area (Å²) in [5.74, 6) is 0.396. The summed E-state index contributed by atoms with van der Waals surface area (Å²) in [6.07, 6.45) is 4.24. The zero-order valence-electron chi connectivity index (χ0n) is 18.9. The van der Waals surface area contributed by atoms with Crippen LogP contribution < -0.4 is 16.0 Å². The summed E-state index contributed by atoms with van der Waals surface area (Å²) < 4.78 is 19.2. The topological polar surface area (TPSA) is 74.8 Å². The number of nitrogens with zero attached hydrogens (tertiary/aromatic N) is 1. The van der Waals surface area contributed by atoms with Crippen LogP contribution in [-0.4, -0.2) is 44.7 Å². The van der Waals surface area contributed by atoms with Gasteiger partial charge in [0.2, 0.25) is 0 Å². The Hall–Kier alpha value is -2.20. The molecule has 1 amide bonds. The second-order valence-electron chi connectivity index (χ2n) is 8.62. The largest absolute Gasteiger partial charge is 0.376 e. The molecule has 3 N–H and O–H groups in total. The molecule has 1 aliphatic heterocycles. The van der Waals surface area contributed by atoms with Gasteiger partial charge in [-0.05, 0) is 61.1 Å². The Morgan fingerprint density at radius 3 is 2.67 bits per heavy atom. The van der Waals surface area contributed by atoms with Crippen LogP contribution >= 0.6 is 24.0 Å². The highest BCUT2D eigenvalue weighted by Crippen LogP contribution is 2.47. The van der Waals surface area contributed by atoms with Crippen molar-refractivity contribution in [2.45, 2.75) is 43.7 Å². The van der Waals surface area contributed by atoms with Gasteiger partial charge in [0.1, 0.15) is 5.82 Å². The minimum absolute atomic E-state index is 0. The zero-order valence-corrected chi connectivity index (χ0v) is 21.2. The molecule has 2 aromatic rings. The highest BCUT2D eigenvalue weighted by Gasteiger charge is 2.44. The first-order chi connectivity index (χ1) is 15.6. The molecule has 2 aromatic carbocycles. The van der Waals surface area contributed by atoms with Gasteiger partial charge in [-0.1, -0.05) is 24.3 Å². The number of carbonyl (C=O) groups is 1. The summed E-state index contributed by atoms with van der Waals surface area (Å²) in [5, 5.41) is 9.64. The first-order valence-corrected chi connectivity index (χ1v) is 11.3. The summed E-state index contributed by atoms with van der Waals surface area (Å²) in [5.41, 5.74) is 2.63. The van der Waals surface area contributed by atoms with Crippen molar-refractivity contribution in [3.05, 3.63) is 71.0 Å². The Labute approximate surface area is 211 Å². The van der Waals surface area contributed by atoms with Crippen molar-refractivity contribution in [3.63, 3.8) is 0 Å². The van der Waals surface area contributed by atoms with E-state index in [9.17, 15) is 9.18 Å². The molecule has 2 aliphatic rings. The SMILES string of the molecule is CN=C(NCc1cccc(C(=O)NCC2CCCO2)c1)NCC1(c2cccc(F)c2)CC1.I. The second kappa shape index (κ2) is 11.8. The highest BCUT2D eigenvalue weighted by molar-refractivity contribution is 14.0. The minimum atomic E-state index is -0.198. The second-order valence-corrected chi connectivity index (χ2v) is 8.62. The Bertz CT molecular complexity index is 974. The fourth-order valence-electron chi connectivity index (χ4n) is 4.13. The maximum absolute atomic E-state index is 13.6. The van der Waals surface area contributed by atoms with Crippen molar-refractivity contribution in [1.29, 1.82) is 0 Å². The number of hydrogen-bond donors (Lipinski definition) is 3. The van der Waals surface area contributed by atoms with Crippen molar-refractivity contribution in [1.82, 2.24) is 16.0 Å². The van der Waals surface area contributed by atoms with E-state index in [0.29, 0.717) is 31.2 Å². The lowest BCUT2D eigenvalue weighted by atomic mass is 9.96. The van der Waals surface area contributed by atoms with Crippen LogP contribution in [0.2, 0.25) is 0 Å². The Morgan fingerprint density at radius 1 is 1.15 bits per heavy atom. The van der Waals surface area contributed by atoms with Crippen molar-refractivity contribution in [2.75, 3.05) is 26.7 Å². The molecule has 1 saturated carbocycles. The van der Waals surface area contributed by atoms with Crippen LogP contribution in [0, 0.1) is 5.82 Å². The summed E-state index contributed by atoms with van der Waals surface area (Å²) in [7, 11) is 1.73. The van der Waals surface area contributed by atoms with E-state index in [2.05, 4.69) is 20.9 Å². The molecule has 8 heteroatoms. The minimum Gasteiger partial charge on any atom is -0.376 e. The number of carbonyl (C=O) groups excluding carboxylic acids is 1. The van der Waals surface area contributed by atoms with Crippen LogP contribution in [0.25, 0.3) is 0 Å². The van der Waals surface area contributed by atoms with Gasteiger partial charge >= 0.3 is 0 Å². The number of guanidine groups is 1. The lowest BCUT2D eigenvalue weighted by molar-refractivity contribution is 0.0857. The van der Waals surface area contributed by atoms with Crippen LogP contribution in [0.4, 0.5) is 4.39 Å². The van der Waals surface area contributed by atoms with Crippen LogP contribution in [0.1, 0.15) is 47.2 Å². The third kappa shape index (κ3) is 6.89. The van der Waals surface area contributed by atoms with Crippen LogP contribution in [0.15, 0.2) is 53.5 Å². The smallest absolute Gasteiger partial charge is 0.251 e. The monoisotopic (exact) mass is 566 g/mol. The van der Waals surface area contributed by atoms with Gasteiger partial charge in [-0.25, -0.2) is 4.39 Å². The van der Waals surface area contributed by atoms with Crippen molar-refractivity contribution in [2.24, 2.45) is 4.99 Å². The van der Waals surface area contributed by atoms with Gasteiger partial charge in [0.05, 0.1) is 6.10 Å². The number of rotatable bonds is 8. The van der Waals surface area contributed by atoms with E-state index in [1.165, 1.54) is 6.07 Å². The number of aliphatic imine (C=N–C) groups is 1. The molecular weight excluding hydrogens is 534 g/mol. The van der Waals surface area contributed by atoms with E-state index < -0.39 is 0 Å². The summed E-state index contributed by atoms with van der Waals surface area (Å²) in [4.78, 5) is 16.8. The molecule has 0 spiro atoms. The number of halogens is 2. The molecule has 1 heterocycles. The van der Waals surface area contributed by atoms with Crippen LogP contribution in [0.3, 0.4) is 0 Å². The Morgan fingerprint density at radius 2 is 1.97 bits per heavy atom. The molecular formula is C25H32FIN4O2. The number of amides is 1. The summed E-state index contributed by atoms with van der Waals surface area (Å²) in [6, 6.07) is 14.4. The van der Waals surface area contributed by atoms with E-state index in [1.54, 1.807) is 19.2 Å². The van der Waals surface area contributed by atoms with Gasteiger partial charge in [-0.3, -0.25) is 9.79 Å². The van der Waals surface area contributed by atoms with E-state index in [1.807, 2.05) is 30.3 Å². The van der Waals surface area contributed by atoms with E-state index in [4.69, 9.17) is 4.74 Å². The molecule has 178 valence electrons. The van der Waals surface area contributed by atoms with E-state index in [-0.39, 0.29) is 47.2 Å². The Balaban J connectivity index is 0.00000306. The molecule has 0 bridgehead atoms. The quantitative estimate of drug-likeness (QED) is 0.259. The number of benzene rings is 2. The molecule has 1 aliphatic carbocycles. The zero-order chi connectivity index (χ0) is 22.4. The van der Waals surface area contributed by atoms with Gasteiger partial charge in [0, 0.05) is 44.3 Å². The fourth-order valence-corrected chi connectivity index (χ4v) is 4.13. The predicted molar refractivity (Wildman–Crippen MR) is 139 cm³/mol. The molecule has 1 unspecified atom stereocenters. The average molecular weight is 566 g/mol. The third-order valence-electron chi connectivity index (χ3n) is 6.27. The lowest BCUT2D eigenvalue weighted by Gasteiger charge is -2.19. The summed E-state index contributed by atoms with van der Waals surface area (Å²) in [6.45, 7) is 2.56. The third-order valence-corrected chi connectivity index (χ3v) is 6.27. The highest BCUT2D eigenvalue weighted by atomic mass is 127. The van der Waals surface area contributed by atoms with E-state index in [0.717, 1.165) is 43.4 Å². The van der Waals surface area contributed by atoms with Gasteiger partial charge in [-0.2, -0.15) is 0 Å². The fraction of sp³-hybridized carbons (Fsp3) is 0.440. The van der Waals surface area contributed by atoms with E-state index >= 15 is 0 Å². The van der Waals surface area contributed by atoms with Gasteiger partial charge in [0.15, 0.2) is 5.96 Å². The molecule has 0 aromatic heterocycles. The van der Waals surface area contributed by atoms with Crippen molar-refractivity contribution >= 4 is 35.8 Å². The first kappa shape index (κ1) is 25.4. The predicted octanol–water partition coefficient (Wildman–Crippen LogP) is 3.75. The molecule has 33 heavy (non-hydrogen) atoms. The van der Waals surface area contributed by atoms with Crippen LogP contribution in [-0.2, 0) is 16.7 Å². The Kier molecular flexibility index (Phi) is 9.08. The maximum Gasteiger partial charge on any atom is 0.251 e. The van der Waals surface area contributed by atoms with Gasteiger partial charge < -0.3 is 20.7 Å². The van der Waals surface area contributed by atoms with Gasteiger partial charge in [-0.15, -0.1) is 24.0 Å². The molecule has 4 rings (SSSR count). The normalized spacial score (nSPS) is 18.8. The number of hydrogen-bond acceptors (Lipinski definition) is 3. The molecule has 6 nitrogen and oxygen atoms in total. The first-order valence-electron chi connectivity index (χ1n) is 11.3. The van der Waals surface area contributed by atoms with Crippen molar-refractivity contribution in [3.8, 4) is 0 Å². The van der Waals surface area contributed by atoms with Crippen molar-refractivity contribution < 1.29 is 13.9 Å². The molecule has 1 atom stereocenters.